The van der Waals surface area contributed by atoms with E-state index < -0.39 is 0 Å². The van der Waals surface area contributed by atoms with Gasteiger partial charge in [0.25, 0.3) is 0 Å². The lowest BCUT2D eigenvalue weighted by Crippen LogP contribution is -2.28. The molecule has 0 aromatic heterocycles. The van der Waals surface area contributed by atoms with Gasteiger partial charge in [-0.05, 0) is 31.2 Å². The Bertz CT molecular complexity index is 670. The number of benzene rings is 1. The van der Waals surface area contributed by atoms with Gasteiger partial charge in [-0.3, -0.25) is 0 Å². The van der Waals surface area contributed by atoms with Crippen LogP contribution in [0, 0.1) is 12.8 Å². The van der Waals surface area contributed by atoms with Crippen LogP contribution in [0.3, 0.4) is 0 Å². The summed E-state index contributed by atoms with van der Waals surface area (Å²) in [5.41, 5.74) is 8.39. The van der Waals surface area contributed by atoms with Crippen LogP contribution in [0.15, 0.2) is 59.4 Å². The van der Waals surface area contributed by atoms with Crippen molar-refractivity contribution in [3.8, 4) is 12.8 Å². The van der Waals surface area contributed by atoms with E-state index in [1.54, 1.807) is 13.3 Å². The van der Waals surface area contributed by atoms with E-state index in [4.69, 9.17) is 15.2 Å². The number of nitrogens with one attached hydrogen (secondary N) is 1. The van der Waals surface area contributed by atoms with Crippen LogP contribution >= 0.6 is 0 Å². The summed E-state index contributed by atoms with van der Waals surface area (Å²) < 4.78 is 10.8. The van der Waals surface area contributed by atoms with Crippen molar-refractivity contribution in [2.75, 3.05) is 26.1 Å². The number of para-hydroxylation sites is 1. The number of hydrogen-bond acceptors (Lipinski definition) is 5. The maximum absolute atomic E-state index is 5.94. The molecule has 5 heteroatoms. The lowest BCUT2D eigenvalue weighted by molar-refractivity contribution is 0.233. The minimum atomic E-state index is 0.363. The molecule has 1 heterocycles. The standard InChI is InChI=1S/C17H21N3O2.C2H2/c1-3-6-13(9-10-21-2)20-17-12-22-16(11-19-17)14-7-4-5-8-15(14)18;1-2/h3-9,11H,10,12,18H2,1-2H3,(H,19,20);1-2H/b6-3-,13-9+;. The van der Waals surface area contributed by atoms with Crippen LogP contribution in [0.1, 0.15) is 12.5 Å². The van der Waals surface area contributed by atoms with Crippen LogP contribution in [-0.4, -0.2) is 26.2 Å². The molecule has 0 aliphatic carbocycles. The molecule has 24 heavy (non-hydrogen) atoms. The van der Waals surface area contributed by atoms with Crippen molar-refractivity contribution >= 4 is 17.3 Å². The predicted molar refractivity (Wildman–Crippen MR) is 100 cm³/mol. The number of terminal acetylenes is 1. The van der Waals surface area contributed by atoms with Crippen LogP contribution in [0.4, 0.5) is 5.69 Å². The highest BCUT2D eigenvalue weighted by molar-refractivity contribution is 5.89. The summed E-state index contributed by atoms with van der Waals surface area (Å²) in [6, 6.07) is 7.57. The van der Waals surface area contributed by atoms with Crippen molar-refractivity contribution < 1.29 is 9.47 Å². The molecule has 0 saturated carbocycles. The third kappa shape index (κ3) is 5.67. The van der Waals surface area contributed by atoms with E-state index in [1.165, 1.54) is 0 Å². The molecule has 5 nitrogen and oxygen atoms in total. The molecule has 0 fully saturated rings. The second-order valence-electron chi connectivity index (χ2n) is 4.68. The molecule has 1 aromatic rings. The molecule has 126 valence electrons. The Labute approximate surface area is 143 Å². The predicted octanol–water partition coefficient (Wildman–Crippen LogP) is 2.94. The molecule has 0 spiro atoms. The van der Waals surface area contributed by atoms with E-state index in [0.29, 0.717) is 24.7 Å². The fraction of sp³-hybridized carbons (Fsp3) is 0.211. The first-order valence-electron chi connectivity index (χ1n) is 7.41. The number of nitrogens with zero attached hydrogens (tertiary/aromatic N) is 1. The second-order valence-corrected chi connectivity index (χ2v) is 4.68. The number of allylic oxidation sites excluding steroid dienone is 2. The highest BCUT2D eigenvalue weighted by Crippen LogP contribution is 2.23. The maximum Gasteiger partial charge on any atom is 0.147 e. The smallest absolute Gasteiger partial charge is 0.147 e. The summed E-state index contributed by atoms with van der Waals surface area (Å²) in [4.78, 5) is 4.41. The highest BCUT2D eigenvalue weighted by Gasteiger charge is 2.12. The van der Waals surface area contributed by atoms with Crippen LogP contribution in [0.5, 0.6) is 0 Å². The third-order valence-corrected chi connectivity index (χ3v) is 3.03. The Hall–Kier alpha value is -2.97. The maximum atomic E-state index is 5.94. The Balaban J connectivity index is 0.00000139. The zero-order valence-electron chi connectivity index (χ0n) is 14.0. The van der Waals surface area contributed by atoms with Crippen molar-refractivity contribution in [1.29, 1.82) is 0 Å². The number of anilines is 1. The Kier molecular flexibility index (Phi) is 8.51. The van der Waals surface area contributed by atoms with Crippen molar-refractivity contribution in [3.05, 3.63) is 60.0 Å². The lowest BCUT2D eigenvalue weighted by atomic mass is 10.1. The molecule has 1 aliphatic heterocycles. The van der Waals surface area contributed by atoms with Crippen molar-refractivity contribution in [2.45, 2.75) is 6.92 Å². The average Bonchev–Trinajstić information content (AvgIpc) is 2.63. The van der Waals surface area contributed by atoms with Gasteiger partial charge in [0.05, 0.1) is 12.8 Å². The van der Waals surface area contributed by atoms with Gasteiger partial charge in [0, 0.05) is 24.1 Å². The first-order valence-corrected chi connectivity index (χ1v) is 7.41. The van der Waals surface area contributed by atoms with E-state index >= 15 is 0 Å². The molecule has 3 N–H and O–H groups in total. The van der Waals surface area contributed by atoms with E-state index in [0.717, 1.165) is 17.1 Å². The summed E-state index contributed by atoms with van der Waals surface area (Å²) in [6.45, 7) is 2.85. The molecule has 0 saturated heterocycles. The molecule has 0 bridgehead atoms. The van der Waals surface area contributed by atoms with Gasteiger partial charge in [0.15, 0.2) is 0 Å². The van der Waals surface area contributed by atoms with Crippen molar-refractivity contribution in [2.24, 2.45) is 4.99 Å². The SMILES string of the molecule is C#C.C/C=C\C(=C/COC)NC1=NC=C(c2ccccc2N)OC1. The molecule has 2 rings (SSSR count). The van der Waals surface area contributed by atoms with Crippen molar-refractivity contribution in [1.82, 2.24) is 5.32 Å². The molecule has 0 unspecified atom stereocenters. The van der Waals surface area contributed by atoms with Gasteiger partial charge in [-0.1, -0.05) is 18.2 Å². The summed E-state index contributed by atoms with van der Waals surface area (Å²) in [6.07, 6.45) is 15.5. The Morgan fingerprint density at radius 1 is 1.42 bits per heavy atom. The molecular weight excluding hydrogens is 302 g/mol. The van der Waals surface area contributed by atoms with Gasteiger partial charge in [-0.25, -0.2) is 4.99 Å². The van der Waals surface area contributed by atoms with Gasteiger partial charge in [0.1, 0.15) is 18.2 Å². The van der Waals surface area contributed by atoms with Gasteiger partial charge < -0.3 is 20.5 Å². The number of rotatable bonds is 5. The number of nitrogen functional groups attached to an aromatic ring is 1. The zero-order chi connectivity index (χ0) is 17.8. The van der Waals surface area contributed by atoms with Gasteiger partial charge >= 0.3 is 0 Å². The highest BCUT2D eigenvalue weighted by atomic mass is 16.5. The first-order chi connectivity index (χ1) is 11.7. The van der Waals surface area contributed by atoms with E-state index in [2.05, 4.69) is 23.2 Å². The average molecular weight is 325 g/mol. The Morgan fingerprint density at radius 2 is 2.17 bits per heavy atom. The minimum absolute atomic E-state index is 0.363. The molecule has 1 aliphatic rings. The van der Waals surface area contributed by atoms with Crippen LogP contribution in [0.2, 0.25) is 0 Å². The summed E-state index contributed by atoms with van der Waals surface area (Å²) in [7, 11) is 1.66. The lowest BCUT2D eigenvalue weighted by Gasteiger charge is -2.18. The van der Waals surface area contributed by atoms with Crippen LogP contribution < -0.4 is 11.1 Å². The topological polar surface area (TPSA) is 68.9 Å². The van der Waals surface area contributed by atoms with Gasteiger partial charge in [-0.15, -0.1) is 12.8 Å². The minimum Gasteiger partial charge on any atom is -0.483 e. The summed E-state index contributed by atoms with van der Waals surface area (Å²) in [5, 5.41) is 3.22. The number of aliphatic imine (C=N–C) groups is 1. The zero-order valence-corrected chi connectivity index (χ0v) is 14.0. The number of nitrogens with two attached hydrogens (primary N) is 1. The molecule has 0 radical (unpaired) electrons. The molecule has 0 amide bonds. The molecular formula is C19H23N3O2. The number of methoxy groups -OCH3 is 1. The number of amidine groups is 1. The monoisotopic (exact) mass is 325 g/mol. The van der Waals surface area contributed by atoms with E-state index in [-0.39, 0.29) is 0 Å². The number of ether oxygens (including phenoxy) is 2. The molecule has 0 atom stereocenters. The molecule has 1 aromatic carbocycles. The fourth-order valence-corrected chi connectivity index (χ4v) is 1.97. The first kappa shape index (κ1) is 19.1. The number of hydrogen-bond donors (Lipinski definition) is 2. The Morgan fingerprint density at radius 3 is 2.75 bits per heavy atom. The van der Waals surface area contributed by atoms with Crippen molar-refractivity contribution in [3.63, 3.8) is 0 Å². The fourth-order valence-electron chi connectivity index (χ4n) is 1.97. The van der Waals surface area contributed by atoms with Crippen LogP contribution in [-0.2, 0) is 9.47 Å². The van der Waals surface area contributed by atoms with Gasteiger partial charge in [-0.2, -0.15) is 0 Å². The largest absolute Gasteiger partial charge is 0.483 e. The third-order valence-electron chi connectivity index (χ3n) is 3.03. The quantitative estimate of drug-likeness (QED) is 0.496. The second kappa shape index (κ2) is 10.7. The van der Waals surface area contributed by atoms with E-state index in [9.17, 15) is 0 Å². The normalized spacial score (nSPS) is 14.1. The van der Waals surface area contributed by atoms with Crippen LogP contribution in [0.25, 0.3) is 5.76 Å². The van der Waals surface area contributed by atoms with Gasteiger partial charge in [0.2, 0.25) is 0 Å². The summed E-state index contributed by atoms with van der Waals surface area (Å²) >= 11 is 0. The van der Waals surface area contributed by atoms with E-state index in [1.807, 2.05) is 49.4 Å². The summed E-state index contributed by atoms with van der Waals surface area (Å²) in [5.74, 6) is 1.41.